The van der Waals surface area contributed by atoms with Crippen LogP contribution >= 0.6 is 0 Å². The maximum atomic E-state index is 12.5. The molecule has 0 saturated carbocycles. The molecule has 27 heavy (non-hydrogen) atoms. The van der Waals surface area contributed by atoms with Crippen molar-refractivity contribution in [3.8, 4) is 0 Å². The topological polar surface area (TPSA) is 99.1 Å². The Bertz CT molecular complexity index is 822. The maximum absolute atomic E-state index is 12.5. The molecule has 1 unspecified atom stereocenters. The molecule has 1 saturated heterocycles. The Morgan fingerprint density at radius 1 is 1.04 bits per heavy atom. The van der Waals surface area contributed by atoms with Gasteiger partial charge >= 0.3 is 0 Å². The maximum Gasteiger partial charge on any atom is 0.261 e. The summed E-state index contributed by atoms with van der Waals surface area (Å²) in [5, 5.41) is 3.99. The molecule has 3 aliphatic rings. The van der Waals surface area contributed by atoms with Crippen LogP contribution in [-0.4, -0.2) is 64.7 Å². The first kappa shape index (κ1) is 17.4. The van der Waals surface area contributed by atoms with E-state index in [1.54, 1.807) is 29.2 Å². The number of Topliss-reactive ketones (excluding diaryl/α,β-unsaturated/α-hetero) is 1. The first-order valence-corrected chi connectivity index (χ1v) is 9.15. The molecule has 0 aromatic heterocycles. The van der Waals surface area contributed by atoms with Crippen LogP contribution in [0.3, 0.4) is 0 Å². The number of hydrogen-bond donors (Lipinski definition) is 1. The summed E-state index contributed by atoms with van der Waals surface area (Å²) in [5.41, 5.74) is 3.54. The molecule has 140 valence electrons. The van der Waals surface area contributed by atoms with Gasteiger partial charge < -0.3 is 4.90 Å². The molecule has 0 radical (unpaired) electrons. The van der Waals surface area contributed by atoms with E-state index >= 15 is 0 Å². The van der Waals surface area contributed by atoms with Gasteiger partial charge in [-0.3, -0.25) is 29.5 Å². The SMILES string of the molecule is O=C(CN1C(=O)c2ccccc2C1=O)C1=NNC(C(=O)N2CCCCC2)C1. The van der Waals surface area contributed by atoms with Gasteiger partial charge in [0.05, 0.1) is 17.7 Å². The first-order chi connectivity index (χ1) is 13.1. The number of amides is 3. The highest BCUT2D eigenvalue weighted by atomic mass is 16.2. The molecule has 1 atom stereocenters. The van der Waals surface area contributed by atoms with Gasteiger partial charge in [0.25, 0.3) is 11.8 Å². The van der Waals surface area contributed by atoms with Gasteiger partial charge in [0.1, 0.15) is 11.8 Å². The highest BCUT2D eigenvalue weighted by molar-refractivity contribution is 6.42. The van der Waals surface area contributed by atoms with Crippen LogP contribution in [0.5, 0.6) is 0 Å². The lowest BCUT2D eigenvalue weighted by Crippen LogP contribution is -2.45. The molecule has 4 rings (SSSR count). The zero-order valence-corrected chi connectivity index (χ0v) is 14.8. The fourth-order valence-electron chi connectivity index (χ4n) is 3.71. The molecule has 0 spiro atoms. The van der Waals surface area contributed by atoms with E-state index in [4.69, 9.17) is 0 Å². The number of nitrogens with one attached hydrogen (secondary N) is 1. The quantitative estimate of drug-likeness (QED) is 0.784. The number of benzene rings is 1. The molecule has 8 nitrogen and oxygen atoms in total. The highest BCUT2D eigenvalue weighted by Gasteiger charge is 2.38. The predicted octanol–water partition coefficient (Wildman–Crippen LogP) is 0.582. The number of fused-ring (bicyclic) bond motifs is 1. The molecule has 1 aromatic rings. The van der Waals surface area contributed by atoms with Crippen LogP contribution in [0.2, 0.25) is 0 Å². The third-order valence-corrected chi connectivity index (χ3v) is 5.22. The summed E-state index contributed by atoms with van der Waals surface area (Å²) in [6, 6.07) is 5.95. The summed E-state index contributed by atoms with van der Waals surface area (Å²) in [4.78, 5) is 52.6. The Balaban J connectivity index is 1.38. The van der Waals surface area contributed by atoms with Crippen LogP contribution in [0.1, 0.15) is 46.4 Å². The average molecular weight is 368 g/mol. The molecular formula is C19H20N4O4. The van der Waals surface area contributed by atoms with E-state index in [0.29, 0.717) is 11.1 Å². The lowest BCUT2D eigenvalue weighted by molar-refractivity contribution is -0.133. The molecule has 1 fully saturated rings. The second-order valence-electron chi connectivity index (χ2n) is 7.00. The van der Waals surface area contributed by atoms with E-state index in [2.05, 4.69) is 10.5 Å². The number of hydrazone groups is 1. The van der Waals surface area contributed by atoms with E-state index in [0.717, 1.165) is 37.3 Å². The Morgan fingerprint density at radius 3 is 2.30 bits per heavy atom. The van der Waals surface area contributed by atoms with E-state index in [-0.39, 0.29) is 24.6 Å². The number of piperidine rings is 1. The van der Waals surface area contributed by atoms with Gasteiger partial charge in [-0.15, -0.1) is 0 Å². The van der Waals surface area contributed by atoms with Crippen molar-refractivity contribution in [3.05, 3.63) is 35.4 Å². The summed E-state index contributed by atoms with van der Waals surface area (Å²) in [5.74, 6) is -1.43. The van der Waals surface area contributed by atoms with E-state index < -0.39 is 23.6 Å². The normalized spacial score (nSPS) is 21.8. The van der Waals surface area contributed by atoms with Gasteiger partial charge in [-0.05, 0) is 31.4 Å². The summed E-state index contributed by atoms with van der Waals surface area (Å²) < 4.78 is 0. The standard InChI is InChI=1S/C19H20N4O4/c24-16(11-23-17(25)12-6-2-3-7-13(12)18(23)26)14-10-15(21-20-14)19(27)22-8-4-1-5-9-22/h2-3,6-7,15,21H,1,4-5,8-11H2. The number of rotatable bonds is 4. The van der Waals surface area contributed by atoms with Gasteiger partial charge in [-0.2, -0.15) is 5.10 Å². The molecule has 1 aromatic carbocycles. The fourth-order valence-corrected chi connectivity index (χ4v) is 3.71. The second-order valence-corrected chi connectivity index (χ2v) is 7.00. The smallest absolute Gasteiger partial charge is 0.261 e. The molecule has 0 bridgehead atoms. The molecule has 3 amide bonds. The Morgan fingerprint density at radius 2 is 1.67 bits per heavy atom. The van der Waals surface area contributed by atoms with Gasteiger partial charge in [-0.25, -0.2) is 0 Å². The molecule has 3 aliphatic heterocycles. The van der Waals surface area contributed by atoms with Gasteiger partial charge in [-0.1, -0.05) is 12.1 Å². The predicted molar refractivity (Wildman–Crippen MR) is 96.2 cm³/mol. The minimum atomic E-state index is -0.552. The lowest BCUT2D eigenvalue weighted by atomic mass is 10.1. The monoisotopic (exact) mass is 368 g/mol. The molecule has 8 heteroatoms. The number of imide groups is 1. The lowest BCUT2D eigenvalue weighted by Gasteiger charge is -2.28. The number of carbonyl (C=O) groups excluding carboxylic acids is 4. The summed E-state index contributed by atoms with van der Waals surface area (Å²) in [7, 11) is 0. The number of ketones is 1. The van der Waals surface area contributed by atoms with Crippen molar-refractivity contribution in [2.75, 3.05) is 19.6 Å². The van der Waals surface area contributed by atoms with Crippen LogP contribution in [0.4, 0.5) is 0 Å². The Kier molecular flexibility index (Phi) is 4.47. The van der Waals surface area contributed by atoms with Crippen molar-refractivity contribution < 1.29 is 19.2 Å². The van der Waals surface area contributed by atoms with Crippen LogP contribution in [0, 0.1) is 0 Å². The molecule has 0 aliphatic carbocycles. The molecule has 1 N–H and O–H groups in total. The Labute approximate surface area is 156 Å². The van der Waals surface area contributed by atoms with Crippen LogP contribution in [-0.2, 0) is 9.59 Å². The third kappa shape index (κ3) is 3.11. The largest absolute Gasteiger partial charge is 0.341 e. The minimum Gasteiger partial charge on any atom is -0.341 e. The van der Waals surface area contributed by atoms with Crippen molar-refractivity contribution in [2.24, 2.45) is 5.10 Å². The minimum absolute atomic E-state index is 0.0537. The molecule has 3 heterocycles. The van der Waals surface area contributed by atoms with Crippen LogP contribution in [0.25, 0.3) is 0 Å². The van der Waals surface area contributed by atoms with Crippen molar-refractivity contribution in [2.45, 2.75) is 31.7 Å². The highest BCUT2D eigenvalue weighted by Crippen LogP contribution is 2.22. The van der Waals surface area contributed by atoms with Crippen molar-refractivity contribution in [1.29, 1.82) is 0 Å². The van der Waals surface area contributed by atoms with Crippen LogP contribution in [0.15, 0.2) is 29.4 Å². The number of hydrogen-bond acceptors (Lipinski definition) is 6. The third-order valence-electron chi connectivity index (χ3n) is 5.22. The van der Waals surface area contributed by atoms with Crippen molar-refractivity contribution in [3.63, 3.8) is 0 Å². The first-order valence-electron chi connectivity index (χ1n) is 9.15. The van der Waals surface area contributed by atoms with E-state index in [9.17, 15) is 19.2 Å². The van der Waals surface area contributed by atoms with Crippen molar-refractivity contribution >= 4 is 29.2 Å². The van der Waals surface area contributed by atoms with Crippen molar-refractivity contribution in [1.82, 2.24) is 15.2 Å². The zero-order valence-electron chi connectivity index (χ0n) is 14.8. The van der Waals surface area contributed by atoms with Gasteiger partial charge in [0, 0.05) is 19.5 Å². The fraction of sp³-hybridized carbons (Fsp3) is 0.421. The zero-order chi connectivity index (χ0) is 19.0. The number of nitrogens with zero attached hydrogens (tertiary/aromatic N) is 3. The van der Waals surface area contributed by atoms with Gasteiger partial charge in [0.15, 0.2) is 5.78 Å². The van der Waals surface area contributed by atoms with Crippen LogP contribution < -0.4 is 5.43 Å². The van der Waals surface area contributed by atoms with Gasteiger partial charge in [0.2, 0.25) is 5.91 Å². The summed E-state index contributed by atoms with van der Waals surface area (Å²) in [6.45, 7) is 1.10. The Hall–Kier alpha value is -3.03. The van der Waals surface area contributed by atoms with E-state index in [1.165, 1.54) is 0 Å². The number of likely N-dealkylation sites (tertiary alicyclic amines) is 1. The van der Waals surface area contributed by atoms with E-state index in [1.807, 2.05) is 0 Å². The average Bonchev–Trinajstić information content (AvgIpc) is 3.29. The summed E-state index contributed by atoms with van der Waals surface area (Å²) in [6.07, 6.45) is 3.29. The second kappa shape index (κ2) is 6.94. The molecular weight excluding hydrogens is 348 g/mol. The number of carbonyl (C=O) groups is 4. The summed E-state index contributed by atoms with van der Waals surface area (Å²) >= 11 is 0.